The Morgan fingerprint density at radius 2 is 1.86 bits per heavy atom. The van der Waals surface area contributed by atoms with Gasteiger partial charge in [-0.3, -0.25) is 0 Å². The number of hydrogen-bond acceptors (Lipinski definition) is 4. The van der Waals surface area contributed by atoms with Gasteiger partial charge in [0.15, 0.2) is 5.82 Å². The molecule has 4 nitrogen and oxygen atoms in total. The molecule has 7 heteroatoms. The van der Waals surface area contributed by atoms with Crippen molar-refractivity contribution in [1.29, 1.82) is 0 Å². The van der Waals surface area contributed by atoms with Crippen LogP contribution in [-0.4, -0.2) is 35.1 Å². The van der Waals surface area contributed by atoms with Crippen LogP contribution in [0.2, 0.25) is 0 Å². The molecule has 1 aliphatic heterocycles. The van der Waals surface area contributed by atoms with Gasteiger partial charge in [-0.05, 0) is 32.0 Å². The van der Waals surface area contributed by atoms with Crippen molar-refractivity contribution in [3.8, 4) is 0 Å². The van der Waals surface area contributed by atoms with Gasteiger partial charge in [0.05, 0.1) is 5.52 Å². The number of aromatic nitrogens is 2. The van der Waals surface area contributed by atoms with Gasteiger partial charge in [-0.15, -0.1) is 0 Å². The highest BCUT2D eigenvalue weighted by Gasteiger charge is 2.25. The van der Waals surface area contributed by atoms with Crippen LogP contribution in [0, 0.1) is 5.82 Å². The summed E-state index contributed by atoms with van der Waals surface area (Å²) in [5.41, 5.74) is 0.334. The molecule has 1 saturated heterocycles. The summed E-state index contributed by atoms with van der Waals surface area (Å²) in [6, 6.07) is 4.32. The average Bonchev–Trinajstić information content (AvgIpc) is 2.44. The number of piperazine rings is 1. The maximum absolute atomic E-state index is 13.6. The highest BCUT2D eigenvalue weighted by Crippen LogP contribution is 2.29. The zero-order valence-electron chi connectivity index (χ0n) is 12.4. The standard InChI is InChI=1S/C15H17F3N4/c1-8-6-22(7-9(2)19-8)15-11-5-10(16)3-4-12(11)20-14(21-15)13(17)18/h3-5,8-9,13,19H,6-7H2,1-2H3/t8-,9+. The van der Waals surface area contributed by atoms with Crippen molar-refractivity contribution in [2.24, 2.45) is 0 Å². The van der Waals surface area contributed by atoms with E-state index in [0.717, 1.165) is 0 Å². The number of benzene rings is 1. The Morgan fingerprint density at radius 1 is 1.18 bits per heavy atom. The molecule has 2 atom stereocenters. The molecule has 0 aliphatic carbocycles. The lowest BCUT2D eigenvalue weighted by Gasteiger charge is -2.37. The van der Waals surface area contributed by atoms with Crippen LogP contribution in [0.4, 0.5) is 19.0 Å². The highest BCUT2D eigenvalue weighted by atomic mass is 19.3. The second-order valence-electron chi connectivity index (χ2n) is 5.74. The fourth-order valence-corrected chi connectivity index (χ4v) is 2.94. The highest BCUT2D eigenvalue weighted by molar-refractivity contribution is 5.89. The Balaban J connectivity index is 2.15. The second-order valence-corrected chi connectivity index (χ2v) is 5.74. The molecule has 1 aromatic carbocycles. The van der Waals surface area contributed by atoms with Gasteiger partial charge in [0.1, 0.15) is 11.6 Å². The van der Waals surface area contributed by atoms with Gasteiger partial charge in [-0.2, -0.15) is 0 Å². The molecule has 1 N–H and O–H groups in total. The van der Waals surface area contributed by atoms with E-state index in [0.29, 0.717) is 29.8 Å². The lowest BCUT2D eigenvalue weighted by molar-refractivity contribution is 0.141. The first kappa shape index (κ1) is 15.0. The molecule has 0 amide bonds. The molecule has 3 rings (SSSR count). The van der Waals surface area contributed by atoms with E-state index in [2.05, 4.69) is 15.3 Å². The SMILES string of the molecule is C[C@@H]1CN(c2nc(C(F)F)nc3ccc(F)cc23)C[C@H](C)N1. The molecule has 2 heterocycles. The fraction of sp³-hybridized carbons (Fsp3) is 0.467. The van der Waals surface area contributed by atoms with Gasteiger partial charge < -0.3 is 10.2 Å². The number of rotatable bonds is 2. The largest absolute Gasteiger partial charge is 0.353 e. The lowest BCUT2D eigenvalue weighted by atomic mass is 10.1. The van der Waals surface area contributed by atoms with Gasteiger partial charge >= 0.3 is 0 Å². The molecule has 1 aromatic heterocycles. The van der Waals surface area contributed by atoms with Crippen molar-refractivity contribution in [1.82, 2.24) is 15.3 Å². The zero-order chi connectivity index (χ0) is 15.9. The topological polar surface area (TPSA) is 41.1 Å². The van der Waals surface area contributed by atoms with E-state index < -0.39 is 18.1 Å². The lowest BCUT2D eigenvalue weighted by Crippen LogP contribution is -2.54. The van der Waals surface area contributed by atoms with Gasteiger partial charge in [0, 0.05) is 30.6 Å². The molecule has 2 aromatic rings. The van der Waals surface area contributed by atoms with Crippen molar-refractivity contribution in [3.05, 3.63) is 29.8 Å². The van der Waals surface area contributed by atoms with E-state index in [1.54, 1.807) is 0 Å². The van der Waals surface area contributed by atoms with Crippen LogP contribution in [0.1, 0.15) is 26.1 Å². The van der Waals surface area contributed by atoms with E-state index >= 15 is 0 Å². The Kier molecular flexibility index (Phi) is 3.90. The maximum atomic E-state index is 13.6. The first-order chi connectivity index (χ1) is 10.4. The Hall–Kier alpha value is -1.89. The predicted octanol–water partition coefficient (Wildman–Crippen LogP) is 2.89. The van der Waals surface area contributed by atoms with Crippen LogP contribution in [0.3, 0.4) is 0 Å². The predicted molar refractivity (Wildman–Crippen MR) is 78.7 cm³/mol. The molecular weight excluding hydrogens is 293 g/mol. The molecule has 0 radical (unpaired) electrons. The molecule has 0 spiro atoms. The summed E-state index contributed by atoms with van der Waals surface area (Å²) in [4.78, 5) is 9.76. The van der Waals surface area contributed by atoms with E-state index in [1.165, 1.54) is 18.2 Å². The Bertz CT molecular complexity index is 682. The summed E-state index contributed by atoms with van der Waals surface area (Å²) in [6.45, 7) is 5.27. The van der Waals surface area contributed by atoms with E-state index in [1.807, 2.05) is 18.7 Å². The third kappa shape index (κ3) is 2.85. The summed E-state index contributed by atoms with van der Waals surface area (Å²) in [7, 11) is 0. The number of hydrogen-bond donors (Lipinski definition) is 1. The Morgan fingerprint density at radius 3 is 2.50 bits per heavy atom. The van der Waals surface area contributed by atoms with Crippen molar-refractivity contribution >= 4 is 16.7 Å². The van der Waals surface area contributed by atoms with Gasteiger partial charge in [0.25, 0.3) is 6.43 Å². The van der Waals surface area contributed by atoms with Crippen molar-refractivity contribution < 1.29 is 13.2 Å². The second kappa shape index (κ2) is 5.72. The molecule has 1 aliphatic rings. The summed E-state index contributed by atoms with van der Waals surface area (Å²) in [5, 5.41) is 3.83. The van der Waals surface area contributed by atoms with Crippen LogP contribution >= 0.6 is 0 Å². The van der Waals surface area contributed by atoms with Gasteiger partial charge in [0.2, 0.25) is 0 Å². The number of nitrogens with zero attached hydrogens (tertiary/aromatic N) is 3. The minimum Gasteiger partial charge on any atom is -0.353 e. The van der Waals surface area contributed by atoms with Crippen molar-refractivity contribution in [2.75, 3.05) is 18.0 Å². The van der Waals surface area contributed by atoms with Gasteiger partial charge in [-0.1, -0.05) is 0 Å². The molecular formula is C15H17F3N4. The normalized spacial score (nSPS) is 22.5. The number of nitrogens with one attached hydrogen (secondary N) is 1. The number of anilines is 1. The molecule has 0 saturated carbocycles. The maximum Gasteiger partial charge on any atom is 0.297 e. The van der Waals surface area contributed by atoms with Crippen LogP contribution in [0.15, 0.2) is 18.2 Å². The first-order valence-corrected chi connectivity index (χ1v) is 7.20. The van der Waals surface area contributed by atoms with Crippen molar-refractivity contribution in [2.45, 2.75) is 32.4 Å². The molecule has 1 fully saturated rings. The Labute approximate surface area is 126 Å². The van der Waals surface area contributed by atoms with E-state index in [4.69, 9.17) is 0 Å². The van der Waals surface area contributed by atoms with Crippen LogP contribution in [0.5, 0.6) is 0 Å². The number of halogens is 3. The minimum atomic E-state index is -2.76. The monoisotopic (exact) mass is 310 g/mol. The van der Waals surface area contributed by atoms with Crippen molar-refractivity contribution in [3.63, 3.8) is 0 Å². The molecule has 22 heavy (non-hydrogen) atoms. The molecule has 0 bridgehead atoms. The third-order valence-electron chi connectivity index (χ3n) is 3.71. The summed E-state index contributed by atoms with van der Waals surface area (Å²) >= 11 is 0. The third-order valence-corrected chi connectivity index (χ3v) is 3.71. The quantitative estimate of drug-likeness (QED) is 0.926. The smallest absolute Gasteiger partial charge is 0.297 e. The van der Waals surface area contributed by atoms with E-state index in [-0.39, 0.29) is 12.1 Å². The van der Waals surface area contributed by atoms with Gasteiger partial charge in [-0.25, -0.2) is 23.1 Å². The van der Waals surface area contributed by atoms with E-state index in [9.17, 15) is 13.2 Å². The molecule has 118 valence electrons. The summed E-state index contributed by atoms with van der Waals surface area (Å²) in [6.07, 6.45) is -2.76. The molecule has 0 unspecified atom stereocenters. The summed E-state index contributed by atoms with van der Waals surface area (Å²) in [5.74, 6) is -0.577. The van der Waals surface area contributed by atoms with Crippen LogP contribution < -0.4 is 10.2 Å². The minimum absolute atomic E-state index is 0.192. The fourth-order valence-electron chi connectivity index (χ4n) is 2.94. The van der Waals surface area contributed by atoms with Crippen LogP contribution in [0.25, 0.3) is 10.9 Å². The number of alkyl halides is 2. The average molecular weight is 310 g/mol. The summed E-state index contributed by atoms with van der Waals surface area (Å²) < 4.78 is 39.7. The van der Waals surface area contributed by atoms with Crippen LogP contribution in [-0.2, 0) is 0 Å². The zero-order valence-corrected chi connectivity index (χ0v) is 12.4. The first-order valence-electron chi connectivity index (χ1n) is 7.20. The number of fused-ring (bicyclic) bond motifs is 1.